The van der Waals surface area contributed by atoms with E-state index < -0.39 is 23.9 Å². The third-order valence-corrected chi connectivity index (χ3v) is 2.29. The van der Waals surface area contributed by atoms with Gasteiger partial charge in [-0.05, 0) is 27.2 Å². The van der Waals surface area contributed by atoms with E-state index in [0.29, 0.717) is 6.54 Å². The summed E-state index contributed by atoms with van der Waals surface area (Å²) in [4.78, 5) is 32.8. The number of amides is 1. The molecule has 0 bridgehead atoms. The predicted octanol–water partition coefficient (Wildman–Crippen LogP) is 0.199. The minimum absolute atomic E-state index is 0.115. The van der Waals surface area contributed by atoms with Crippen molar-refractivity contribution in [2.75, 3.05) is 6.54 Å². The minimum atomic E-state index is -1.22. The summed E-state index contributed by atoms with van der Waals surface area (Å²) in [6, 6.07) is -1.15. The van der Waals surface area contributed by atoms with Gasteiger partial charge in [0.05, 0.1) is 0 Å². The van der Waals surface area contributed by atoms with Gasteiger partial charge in [-0.1, -0.05) is 0 Å². The van der Waals surface area contributed by atoms with Crippen LogP contribution in [0.2, 0.25) is 0 Å². The highest BCUT2D eigenvalue weighted by Crippen LogP contribution is 2.00. The molecule has 0 heterocycles. The molecule has 7 heteroatoms. The zero-order valence-electron chi connectivity index (χ0n) is 11.5. The summed E-state index contributed by atoms with van der Waals surface area (Å²) >= 11 is 0. The standard InChI is InChI=1S/C12H22N2O5/c1-12(2,3)13-7-6-9(15)14-8(11(18)19)4-5-10(16)17/h8,13H,4-7H2,1-3H3,(H,14,15)(H,16,17)(H,18,19)/t8-/m0/s1. The highest BCUT2D eigenvalue weighted by Gasteiger charge is 2.20. The van der Waals surface area contributed by atoms with Gasteiger partial charge in [0.25, 0.3) is 0 Å². The van der Waals surface area contributed by atoms with E-state index in [1.807, 2.05) is 20.8 Å². The van der Waals surface area contributed by atoms with Gasteiger partial charge in [0.1, 0.15) is 6.04 Å². The van der Waals surface area contributed by atoms with Crippen LogP contribution in [0.25, 0.3) is 0 Å². The molecule has 0 aliphatic carbocycles. The molecule has 0 aromatic rings. The van der Waals surface area contributed by atoms with Gasteiger partial charge < -0.3 is 20.8 Å². The van der Waals surface area contributed by atoms with Gasteiger partial charge in [-0.15, -0.1) is 0 Å². The first kappa shape index (κ1) is 17.4. The van der Waals surface area contributed by atoms with E-state index in [9.17, 15) is 14.4 Å². The lowest BCUT2D eigenvalue weighted by atomic mass is 10.1. The molecule has 0 unspecified atom stereocenters. The Morgan fingerprint density at radius 3 is 2.11 bits per heavy atom. The zero-order chi connectivity index (χ0) is 15.1. The fourth-order valence-electron chi connectivity index (χ4n) is 1.34. The zero-order valence-corrected chi connectivity index (χ0v) is 11.5. The van der Waals surface area contributed by atoms with Crippen LogP contribution in [0.3, 0.4) is 0 Å². The maximum Gasteiger partial charge on any atom is 0.326 e. The Balaban J connectivity index is 4.10. The molecular formula is C12H22N2O5. The maximum absolute atomic E-state index is 11.5. The molecule has 110 valence electrons. The first-order valence-corrected chi connectivity index (χ1v) is 6.11. The number of hydrogen-bond donors (Lipinski definition) is 4. The Hall–Kier alpha value is -1.63. The molecule has 0 aliphatic heterocycles. The number of hydrogen-bond acceptors (Lipinski definition) is 4. The van der Waals surface area contributed by atoms with Crippen molar-refractivity contribution in [2.45, 2.75) is 51.6 Å². The van der Waals surface area contributed by atoms with Gasteiger partial charge in [-0.3, -0.25) is 9.59 Å². The van der Waals surface area contributed by atoms with Crippen molar-refractivity contribution in [1.82, 2.24) is 10.6 Å². The monoisotopic (exact) mass is 274 g/mol. The van der Waals surface area contributed by atoms with Crippen molar-refractivity contribution >= 4 is 17.8 Å². The lowest BCUT2D eigenvalue weighted by Gasteiger charge is -2.20. The second kappa shape index (κ2) is 7.73. The third-order valence-electron chi connectivity index (χ3n) is 2.29. The molecule has 0 saturated carbocycles. The number of carbonyl (C=O) groups excluding carboxylic acids is 1. The predicted molar refractivity (Wildman–Crippen MR) is 68.8 cm³/mol. The summed E-state index contributed by atoms with van der Waals surface area (Å²) in [5.41, 5.74) is -0.115. The Bertz CT molecular complexity index is 336. The second-order valence-corrected chi connectivity index (χ2v) is 5.32. The van der Waals surface area contributed by atoms with Crippen LogP contribution >= 0.6 is 0 Å². The molecule has 1 amide bonds. The second-order valence-electron chi connectivity index (χ2n) is 5.32. The van der Waals surface area contributed by atoms with Crippen molar-refractivity contribution in [3.8, 4) is 0 Å². The fraction of sp³-hybridized carbons (Fsp3) is 0.750. The molecule has 0 aromatic heterocycles. The van der Waals surface area contributed by atoms with Gasteiger partial charge >= 0.3 is 11.9 Å². The molecule has 0 spiro atoms. The van der Waals surface area contributed by atoms with Crippen LogP contribution in [0.5, 0.6) is 0 Å². The van der Waals surface area contributed by atoms with Gasteiger partial charge in [0.15, 0.2) is 0 Å². The first-order valence-electron chi connectivity index (χ1n) is 6.11. The minimum Gasteiger partial charge on any atom is -0.481 e. The lowest BCUT2D eigenvalue weighted by Crippen LogP contribution is -2.43. The molecule has 0 rings (SSSR count). The molecule has 0 aliphatic rings. The van der Waals surface area contributed by atoms with E-state index in [-0.39, 0.29) is 24.8 Å². The van der Waals surface area contributed by atoms with Crippen LogP contribution in [0.4, 0.5) is 0 Å². The Labute approximate surface area is 112 Å². The summed E-state index contributed by atoms with van der Waals surface area (Å²) < 4.78 is 0. The average Bonchev–Trinajstić information content (AvgIpc) is 2.21. The summed E-state index contributed by atoms with van der Waals surface area (Å²) in [5.74, 6) is -2.72. The summed E-state index contributed by atoms with van der Waals surface area (Å²) in [5, 5.41) is 22.8. The molecule has 0 saturated heterocycles. The molecule has 0 aromatic carbocycles. The average molecular weight is 274 g/mol. The quantitative estimate of drug-likeness (QED) is 0.502. The first-order chi connectivity index (χ1) is 8.61. The largest absolute Gasteiger partial charge is 0.481 e. The van der Waals surface area contributed by atoms with Crippen molar-refractivity contribution in [3.63, 3.8) is 0 Å². The van der Waals surface area contributed by atoms with Gasteiger partial charge in [0, 0.05) is 24.9 Å². The van der Waals surface area contributed by atoms with Crippen LogP contribution in [0, 0.1) is 0 Å². The van der Waals surface area contributed by atoms with E-state index in [2.05, 4.69) is 10.6 Å². The van der Waals surface area contributed by atoms with Gasteiger partial charge in [-0.25, -0.2) is 4.79 Å². The summed E-state index contributed by atoms with van der Waals surface area (Å²) in [6.07, 6.45) is -0.269. The highest BCUT2D eigenvalue weighted by atomic mass is 16.4. The number of rotatable bonds is 8. The van der Waals surface area contributed by atoms with E-state index in [1.165, 1.54) is 0 Å². The van der Waals surface area contributed by atoms with Crippen molar-refractivity contribution < 1.29 is 24.6 Å². The fourth-order valence-corrected chi connectivity index (χ4v) is 1.34. The molecular weight excluding hydrogens is 252 g/mol. The van der Waals surface area contributed by atoms with Crippen LogP contribution < -0.4 is 10.6 Å². The van der Waals surface area contributed by atoms with E-state index in [4.69, 9.17) is 10.2 Å². The van der Waals surface area contributed by atoms with Gasteiger partial charge in [0.2, 0.25) is 5.91 Å². The normalized spacial score (nSPS) is 12.8. The molecule has 0 radical (unpaired) electrons. The number of nitrogens with one attached hydrogen (secondary N) is 2. The SMILES string of the molecule is CC(C)(C)NCCC(=O)N[C@@H](CCC(=O)O)C(=O)O. The molecule has 1 atom stereocenters. The summed E-state index contributed by atoms with van der Waals surface area (Å²) in [6.45, 7) is 6.30. The number of carboxylic acids is 2. The van der Waals surface area contributed by atoms with Crippen LogP contribution in [-0.4, -0.2) is 46.2 Å². The van der Waals surface area contributed by atoms with E-state index in [0.717, 1.165) is 0 Å². The van der Waals surface area contributed by atoms with Crippen molar-refractivity contribution in [2.24, 2.45) is 0 Å². The molecule has 0 fully saturated rings. The third kappa shape index (κ3) is 10.0. The Morgan fingerprint density at radius 1 is 1.11 bits per heavy atom. The Kier molecular flexibility index (Phi) is 7.06. The van der Waals surface area contributed by atoms with Crippen LogP contribution in [0.1, 0.15) is 40.0 Å². The van der Waals surface area contributed by atoms with Crippen LogP contribution in [0.15, 0.2) is 0 Å². The van der Waals surface area contributed by atoms with E-state index in [1.54, 1.807) is 0 Å². The molecule has 19 heavy (non-hydrogen) atoms. The van der Waals surface area contributed by atoms with Crippen LogP contribution in [-0.2, 0) is 14.4 Å². The molecule has 7 nitrogen and oxygen atoms in total. The Morgan fingerprint density at radius 2 is 1.68 bits per heavy atom. The molecule has 4 N–H and O–H groups in total. The topological polar surface area (TPSA) is 116 Å². The lowest BCUT2D eigenvalue weighted by molar-refractivity contribution is -0.143. The summed E-state index contributed by atoms with van der Waals surface area (Å²) in [7, 11) is 0. The van der Waals surface area contributed by atoms with Crippen molar-refractivity contribution in [3.05, 3.63) is 0 Å². The van der Waals surface area contributed by atoms with E-state index >= 15 is 0 Å². The van der Waals surface area contributed by atoms with Crippen molar-refractivity contribution in [1.29, 1.82) is 0 Å². The highest BCUT2D eigenvalue weighted by molar-refractivity contribution is 5.84. The maximum atomic E-state index is 11.5. The number of aliphatic carboxylic acids is 2. The number of carbonyl (C=O) groups is 3. The number of carboxylic acid groups (broad SMARTS) is 2. The van der Waals surface area contributed by atoms with Gasteiger partial charge in [-0.2, -0.15) is 0 Å². The smallest absolute Gasteiger partial charge is 0.326 e.